The number of amides is 1. The van der Waals surface area contributed by atoms with E-state index >= 15 is 0 Å². The summed E-state index contributed by atoms with van der Waals surface area (Å²) in [4.78, 5) is 25.7. The Labute approximate surface area is 145 Å². The van der Waals surface area contributed by atoms with Crippen molar-refractivity contribution >= 4 is 12.1 Å². The summed E-state index contributed by atoms with van der Waals surface area (Å²) in [5.74, 6) is -1.24. The lowest BCUT2D eigenvalue weighted by Crippen LogP contribution is -2.46. The van der Waals surface area contributed by atoms with Gasteiger partial charge in [-0.15, -0.1) is 10.2 Å². The number of carboxylic acid groups (broad SMARTS) is 1. The van der Waals surface area contributed by atoms with Crippen LogP contribution in [0.5, 0.6) is 0 Å². The lowest BCUT2D eigenvalue weighted by atomic mass is 9.88. The number of carbonyl (C=O) groups excluding carboxylic acids is 1. The molecule has 1 saturated heterocycles. The summed E-state index contributed by atoms with van der Waals surface area (Å²) in [6.45, 7) is 0.564. The first-order chi connectivity index (χ1) is 12.1. The molecule has 0 spiro atoms. The third-order valence-electron chi connectivity index (χ3n) is 4.40. The van der Waals surface area contributed by atoms with E-state index in [-0.39, 0.29) is 6.61 Å². The average molecular weight is 344 g/mol. The van der Waals surface area contributed by atoms with Crippen molar-refractivity contribution in [2.75, 3.05) is 6.54 Å². The highest BCUT2D eigenvalue weighted by molar-refractivity contribution is 5.74. The molecule has 1 aliphatic heterocycles. The number of carboxylic acids is 1. The van der Waals surface area contributed by atoms with E-state index in [1.165, 1.54) is 11.2 Å². The lowest BCUT2D eigenvalue weighted by molar-refractivity contribution is -0.146. The van der Waals surface area contributed by atoms with Gasteiger partial charge in [0.05, 0.1) is 5.92 Å². The highest BCUT2D eigenvalue weighted by atomic mass is 16.6. The molecule has 0 radical (unpaired) electrons. The fourth-order valence-corrected chi connectivity index (χ4v) is 3.14. The maximum absolute atomic E-state index is 12.6. The minimum absolute atomic E-state index is 0.138. The molecule has 132 valence electrons. The van der Waals surface area contributed by atoms with Gasteiger partial charge in [-0.3, -0.25) is 9.69 Å². The predicted octanol–water partition coefficient (Wildman–Crippen LogP) is 1.99. The molecule has 2 atom stereocenters. The predicted molar refractivity (Wildman–Crippen MR) is 87.4 cm³/mol. The zero-order valence-electron chi connectivity index (χ0n) is 13.9. The van der Waals surface area contributed by atoms with Gasteiger partial charge in [-0.2, -0.15) is 0 Å². The van der Waals surface area contributed by atoms with E-state index in [1.807, 2.05) is 30.3 Å². The number of carbonyl (C=O) groups is 2. The largest absolute Gasteiger partial charge is 0.481 e. The number of piperidine rings is 1. The summed E-state index contributed by atoms with van der Waals surface area (Å²) in [5.41, 5.74) is 0.873. The van der Waals surface area contributed by atoms with Gasteiger partial charge in [0.2, 0.25) is 0 Å². The Hall–Kier alpha value is -2.90. The summed E-state index contributed by atoms with van der Waals surface area (Å²) >= 11 is 0. The number of likely N-dealkylation sites (tertiary alicyclic amines) is 1. The van der Waals surface area contributed by atoms with Crippen LogP contribution in [0.4, 0.5) is 4.79 Å². The molecule has 3 rings (SSSR count). The van der Waals surface area contributed by atoms with Crippen molar-refractivity contribution in [3.8, 4) is 0 Å². The molecule has 2 aromatic rings. The van der Waals surface area contributed by atoms with E-state index < -0.39 is 24.0 Å². The Morgan fingerprint density at radius 1 is 1.32 bits per heavy atom. The molecular weight excluding hydrogens is 324 g/mol. The highest BCUT2D eigenvalue weighted by Crippen LogP contribution is 2.35. The van der Waals surface area contributed by atoms with E-state index in [9.17, 15) is 14.7 Å². The third-order valence-corrected chi connectivity index (χ3v) is 4.40. The minimum atomic E-state index is -0.950. The van der Waals surface area contributed by atoms with Gasteiger partial charge in [-0.25, -0.2) is 4.79 Å². The zero-order chi connectivity index (χ0) is 17.8. The smallest absolute Gasteiger partial charge is 0.410 e. The summed E-state index contributed by atoms with van der Waals surface area (Å²) in [6.07, 6.45) is 2.04. The standard InChI is InChI=1S/C17H20N4O4/c1-20-11-18-19-15(20)14-13(16(22)23)8-5-9-21(14)17(24)25-10-12-6-3-2-4-7-12/h2-4,6-7,11,13-14H,5,8-10H2,1H3,(H,22,23). The number of rotatable bonds is 4. The maximum atomic E-state index is 12.6. The first-order valence-electron chi connectivity index (χ1n) is 8.12. The van der Waals surface area contributed by atoms with Crippen LogP contribution < -0.4 is 0 Å². The van der Waals surface area contributed by atoms with Crippen LogP contribution in [-0.2, 0) is 23.2 Å². The number of benzene rings is 1. The van der Waals surface area contributed by atoms with Crippen LogP contribution in [0.25, 0.3) is 0 Å². The first kappa shape index (κ1) is 16.9. The van der Waals surface area contributed by atoms with Crippen molar-refractivity contribution in [1.82, 2.24) is 19.7 Å². The molecule has 8 nitrogen and oxygen atoms in total. The van der Waals surface area contributed by atoms with Crippen molar-refractivity contribution in [2.24, 2.45) is 13.0 Å². The molecular formula is C17H20N4O4. The Balaban J connectivity index is 1.80. The normalized spacial score (nSPS) is 20.3. The number of aromatic nitrogens is 3. The molecule has 2 unspecified atom stereocenters. The fourth-order valence-electron chi connectivity index (χ4n) is 3.14. The Morgan fingerprint density at radius 3 is 2.72 bits per heavy atom. The number of hydrogen-bond donors (Lipinski definition) is 1. The Kier molecular flexibility index (Phi) is 4.97. The van der Waals surface area contributed by atoms with Crippen LogP contribution >= 0.6 is 0 Å². The zero-order valence-corrected chi connectivity index (χ0v) is 13.9. The van der Waals surface area contributed by atoms with E-state index in [2.05, 4.69) is 10.2 Å². The van der Waals surface area contributed by atoms with Crippen LogP contribution in [0.1, 0.15) is 30.3 Å². The maximum Gasteiger partial charge on any atom is 0.410 e. The molecule has 25 heavy (non-hydrogen) atoms. The highest BCUT2D eigenvalue weighted by Gasteiger charge is 2.42. The summed E-state index contributed by atoms with van der Waals surface area (Å²) in [5, 5.41) is 17.4. The molecule has 1 aromatic carbocycles. The molecule has 8 heteroatoms. The second kappa shape index (κ2) is 7.33. The van der Waals surface area contributed by atoms with Gasteiger partial charge in [0.1, 0.15) is 19.0 Å². The second-order valence-corrected chi connectivity index (χ2v) is 6.07. The van der Waals surface area contributed by atoms with Crippen LogP contribution in [0, 0.1) is 5.92 Å². The van der Waals surface area contributed by atoms with E-state index in [0.717, 1.165) is 5.56 Å². The van der Waals surface area contributed by atoms with E-state index in [4.69, 9.17) is 4.74 Å². The van der Waals surface area contributed by atoms with Gasteiger partial charge in [-0.1, -0.05) is 30.3 Å². The fraction of sp³-hybridized carbons (Fsp3) is 0.412. The first-order valence-corrected chi connectivity index (χ1v) is 8.12. The Bertz CT molecular complexity index is 746. The molecule has 1 amide bonds. The summed E-state index contributed by atoms with van der Waals surface area (Å²) in [7, 11) is 1.73. The van der Waals surface area contributed by atoms with Gasteiger partial charge in [0.25, 0.3) is 0 Å². The molecule has 0 saturated carbocycles. The van der Waals surface area contributed by atoms with E-state index in [1.54, 1.807) is 11.6 Å². The topological polar surface area (TPSA) is 97.5 Å². The molecule has 0 aliphatic carbocycles. The van der Waals surface area contributed by atoms with Gasteiger partial charge in [0, 0.05) is 13.6 Å². The quantitative estimate of drug-likeness (QED) is 0.911. The lowest BCUT2D eigenvalue weighted by Gasteiger charge is -2.37. The molecule has 1 aromatic heterocycles. The Morgan fingerprint density at radius 2 is 2.08 bits per heavy atom. The van der Waals surface area contributed by atoms with Gasteiger partial charge >= 0.3 is 12.1 Å². The number of ether oxygens (including phenoxy) is 1. The van der Waals surface area contributed by atoms with Crippen LogP contribution in [0.15, 0.2) is 36.7 Å². The number of hydrogen-bond acceptors (Lipinski definition) is 5. The van der Waals surface area contributed by atoms with Crippen molar-refractivity contribution in [2.45, 2.75) is 25.5 Å². The summed E-state index contributed by atoms with van der Waals surface area (Å²) in [6, 6.07) is 8.66. The van der Waals surface area contributed by atoms with Crippen molar-refractivity contribution in [3.05, 3.63) is 48.0 Å². The average Bonchev–Trinajstić information content (AvgIpc) is 3.05. The number of aliphatic carboxylic acids is 1. The molecule has 1 fully saturated rings. The molecule has 0 bridgehead atoms. The minimum Gasteiger partial charge on any atom is -0.481 e. The van der Waals surface area contributed by atoms with Crippen LogP contribution in [0.3, 0.4) is 0 Å². The van der Waals surface area contributed by atoms with Crippen LogP contribution in [0.2, 0.25) is 0 Å². The monoisotopic (exact) mass is 344 g/mol. The van der Waals surface area contributed by atoms with Gasteiger partial charge < -0.3 is 14.4 Å². The van der Waals surface area contributed by atoms with Gasteiger partial charge in [-0.05, 0) is 18.4 Å². The molecule has 2 heterocycles. The molecule has 1 N–H and O–H groups in total. The van der Waals surface area contributed by atoms with Crippen molar-refractivity contribution in [1.29, 1.82) is 0 Å². The van der Waals surface area contributed by atoms with Crippen molar-refractivity contribution < 1.29 is 19.4 Å². The molecule has 1 aliphatic rings. The van der Waals surface area contributed by atoms with Crippen LogP contribution in [-0.4, -0.2) is 43.4 Å². The third kappa shape index (κ3) is 3.62. The SMILES string of the molecule is Cn1cnnc1C1C(C(=O)O)CCCN1C(=O)OCc1ccccc1. The van der Waals surface area contributed by atoms with Gasteiger partial charge in [0.15, 0.2) is 5.82 Å². The van der Waals surface area contributed by atoms with E-state index in [0.29, 0.717) is 25.2 Å². The number of nitrogens with zero attached hydrogens (tertiary/aromatic N) is 4. The van der Waals surface area contributed by atoms with Crippen molar-refractivity contribution in [3.63, 3.8) is 0 Å². The number of aryl methyl sites for hydroxylation is 1. The second-order valence-electron chi connectivity index (χ2n) is 6.07. The summed E-state index contributed by atoms with van der Waals surface area (Å²) < 4.78 is 7.04.